The number of aromatic nitrogens is 1. The Hall–Kier alpha value is -4.37. The number of benzene rings is 3. The maximum absolute atomic E-state index is 12.3. The van der Waals surface area contributed by atoms with Crippen LogP contribution < -0.4 is 14.8 Å². The number of carbonyl (C=O) groups is 1. The number of methoxy groups -OCH3 is 2. The van der Waals surface area contributed by atoms with Crippen molar-refractivity contribution in [3.05, 3.63) is 81.4 Å². The van der Waals surface area contributed by atoms with E-state index in [2.05, 4.69) is 10.3 Å². The summed E-state index contributed by atoms with van der Waals surface area (Å²) in [6, 6.07) is 14.7. The maximum atomic E-state index is 12.3. The first-order valence-electron chi connectivity index (χ1n) is 9.94. The molecule has 0 bridgehead atoms. The Bertz CT molecular complexity index is 1430. The number of carbonyl (C=O) groups excluding carboxylic acids is 1. The molecule has 0 unspecified atom stereocenters. The monoisotopic (exact) mass is 479 g/mol. The van der Waals surface area contributed by atoms with Crippen LogP contribution in [0.1, 0.15) is 5.56 Å². The van der Waals surface area contributed by atoms with Gasteiger partial charge in [-0.2, -0.15) is 0 Å². The lowest BCUT2D eigenvalue weighted by atomic mass is 10.2. The van der Waals surface area contributed by atoms with Gasteiger partial charge in [-0.3, -0.25) is 14.9 Å². The SMILES string of the molecule is COc1ccc(-c2nc3cc(NC(=O)/C=C/c4ccc(Cl)c([N+](=O)[O-])c4)ccc3o2)cc1OC. The Morgan fingerprint density at radius 1 is 1.09 bits per heavy atom. The quantitative estimate of drug-likeness (QED) is 0.204. The molecule has 0 aliphatic carbocycles. The van der Waals surface area contributed by atoms with Crippen LogP contribution in [0, 0.1) is 10.1 Å². The summed E-state index contributed by atoms with van der Waals surface area (Å²) in [5.74, 6) is 1.12. The molecule has 0 atom stereocenters. The summed E-state index contributed by atoms with van der Waals surface area (Å²) in [5, 5.41) is 13.8. The second-order valence-electron chi connectivity index (χ2n) is 7.06. The van der Waals surface area contributed by atoms with E-state index in [1.165, 1.54) is 24.3 Å². The number of halogens is 1. The van der Waals surface area contributed by atoms with Gasteiger partial charge in [-0.15, -0.1) is 0 Å². The molecule has 1 aromatic heterocycles. The first-order chi connectivity index (χ1) is 16.4. The Kier molecular flexibility index (Phi) is 6.46. The van der Waals surface area contributed by atoms with Crippen LogP contribution in [-0.2, 0) is 4.79 Å². The molecule has 0 saturated heterocycles. The summed E-state index contributed by atoms with van der Waals surface area (Å²) >= 11 is 5.81. The first kappa shape index (κ1) is 22.8. The van der Waals surface area contributed by atoms with E-state index >= 15 is 0 Å². The third-order valence-electron chi connectivity index (χ3n) is 4.88. The molecule has 10 heteroatoms. The molecule has 172 valence electrons. The number of nitro groups is 1. The van der Waals surface area contributed by atoms with Gasteiger partial charge in [0.2, 0.25) is 11.8 Å². The largest absolute Gasteiger partial charge is 0.493 e. The van der Waals surface area contributed by atoms with Gasteiger partial charge in [0.15, 0.2) is 17.1 Å². The van der Waals surface area contributed by atoms with Gasteiger partial charge in [0.25, 0.3) is 5.69 Å². The number of rotatable bonds is 7. The summed E-state index contributed by atoms with van der Waals surface area (Å²) in [6.07, 6.45) is 2.73. The molecule has 0 spiro atoms. The molecule has 0 aliphatic heterocycles. The van der Waals surface area contributed by atoms with Crippen LogP contribution in [0.5, 0.6) is 11.5 Å². The Morgan fingerprint density at radius 3 is 2.62 bits per heavy atom. The van der Waals surface area contributed by atoms with Crippen molar-refractivity contribution < 1.29 is 23.6 Å². The number of amides is 1. The molecule has 1 N–H and O–H groups in total. The number of ether oxygens (including phenoxy) is 2. The Balaban J connectivity index is 1.51. The number of nitrogens with zero attached hydrogens (tertiary/aromatic N) is 2. The summed E-state index contributed by atoms with van der Waals surface area (Å²) in [5.41, 5.74) is 2.56. The molecule has 0 fully saturated rings. The minimum atomic E-state index is -0.580. The zero-order valence-corrected chi connectivity index (χ0v) is 18.8. The van der Waals surface area contributed by atoms with Crippen molar-refractivity contribution >= 4 is 46.1 Å². The van der Waals surface area contributed by atoms with Gasteiger partial charge in [0, 0.05) is 23.4 Å². The number of fused-ring (bicyclic) bond motifs is 1. The molecule has 4 aromatic rings. The van der Waals surface area contributed by atoms with Gasteiger partial charge in [-0.1, -0.05) is 17.7 Å². The lowest BCUT2D eigenvalue weighted by Crippen LogP contribution is -2.07. The molecule has 1 amide bonds. The highest BCUT2D eigenvalue weighted by Crippen LogP contribution is 2.33. The van der Waals surface area contributed by atoms with E-state index in [1.54, 1.807) is 56.7 Å². The molecule has 4 rings (SSSR count). The normalized spacial score (nSPS) is 11.0. The van der Waals surface area contributed by atoms with Crippen LogP contribution in [0.2, 0.25) is 5.02 Å². The summed E-state index contributed by atoms with van der Waals surface area (Å²) < 4.78 is 16.4. The maximum Gasteiger partial charge on any atom is 0.288 e. The van der Waals surface area contributed by atoms with Gasteiger partial charge < -0.3 is 19.2 Å². The zero-order valence-electron chi connectivity index (χ0n) is 18.1. The van der Waals surface area contributed by atoms with Gasteiger partial charge in [0.1, 0.15) is 10.5 Å². The minimum absolute atomic E-state index is 0.0277. The van der Waals surface area contributed by atoms with Gasteiger partial charge in [-0.05, 0) is 54.1 Å². The predicted molar refractivity (Wildman–Crippen MR) is 128 cm³/mol. The average molecular weight is 480 g/mol. The van der Waals surface area contributed by atoms with Crippen molar-refractivity contribution in [2.24, 2.45) is 0 Å². The summed E-state index contributed by atoms with van der Waals surface area (Å²) in [4.78, 5) is 27.3. The van der Waals surface area contributed by atoms with Gasteiger partial charge in [0.05, 0.1) is 19.1 Å². The molecular weight excluding hydrogens is 462 g/mol. The van der Waals surface area contributed by atoms with Crippen molar-refractivity contribution in [1.82, 2.24) is 4.98 Å². The summed E-state index contributed by atoms with van der Waals surface area (Å²) in [7, 11) is 3.10. The van der Waals surface area contributed by atoms with E-state index in [0.29, 0.717) is 45.3 Å². The van der Waals surface area contributed by atoms with Crippen LogP contribution in [0.3, 0.4) is 0 Å². The molecule has 3 aromatic carbocycles. The highest BCUT2D eigenvalue weighted by molar-refractivity contribution is 6.32. The van der Waals surface area contributed by atoms with E-state index in [4.69, 9.17) is 25.5 Å². The van der Waals surface area contributed by atoms with Gasteiger partial charge >= 0.3 is 0 Å². The van der Waals surface area contributed by atoms with Crippen molar-refractivity contribution in [3.8, 4) is 23.0 Å². The van der Waals surface area contributed by atoms with Gasteiger partial charge in [-0.25, -0.2) is 4.98 Å². The van der Waals surface area contributed by atoms with E-state index in [0.717, 1.165) is 0 Å². The van der Waals surface area contributed by atoms with E-state index in [1.807, 2.05) is 0 Å². The fraction of sp³-hybridized carbons (Fsp3) is 0.0833. The molecule has 9 nitrogen and oxygen atoms in total. The number of nitrogens with one attached hydrogen (secondary N) is 1. The van der Waals surface area contributed by atoms with E-state index in [-0.39, 0.29) is 10.7 Å². The molecule has 0 radical (unpaired) electrons. The Morgan fingerprint density at radius 2 is 1.88 bits per heavy atom. The average Bonchev–Trinajstić information content (AvgIpc) is 3.26. The van der Waals surface area contributed by atoms with Crippen LogP contribution in [0.4, 0.5) is 11.4 Å². The third-order valence-corrected chi connectivity index (χ3v) is 5.20. The number of hydrogen-bond acceptors (Lipinski definition) is 7. The predicted octanol–water partition coefficient (Wildman–Crippen LogP) is 5.73. The van der Waals surface area contributed by atoms with E-state index in [9.17, 15) is 14.9 Å². The van der Waals surface area contributed by atoms with Crippen LogP contribution in [0.25, 0.3) is 28.6 Å². The van der Waals surface area contributed by atoms with Crippen molar-refractivity contribution in [3.63, 3.8) is 0 Å². The fourth-order valence-electron chi connectivity index (χ4n) is 3.23. The molecule has 0 aliphatic rings. The Labute approximate surface area is 198 Å². The fourth-order valence-corrected chi connectivity index (χ4v) is 3.41. The zero-order chi connectivity index (χ0) is 24.2. The second-order valence-corrected chi connectivity index (χ2v) is 7.47. The molecule has 34 heavy (non-hydrogen) atoms. The smallest absolute Gasteiger partial charge is 0.288 e. The lowest BCUT2D eigenvalue weighted by molar-refractivity contribution is -0.384. The standard InChI is InChI=1S/C24H18ClN3O6/c1-32-21-8-5-15(12-22(21)33-2)24-27-18-13-16(6-9-20(18)34-24)26-23(29)10-4-14-3-7-17(25)19(11-14)28(30)31/h3-13H,1-2H3,(H,26,29)/b10-4+. The molecule has 0 saturated carbocycles. The van der Waals surface area contributed by atoms with Crippen molar-refractivity contribution in [2.75, 3.05) is 19.5 Å². The van der Waals surface area contributed by atoms with Crippen molar-refractivity contribution in [1.29, 1.82) is 0 Å². The minimum Gasteiger partial charge on any atom is -0.493 e. The number of hydrogen-bond donors (Lipinski definition) is 1. The second kappa shape index (κ2) is 9.63. The summed E-state index contributed by atoms with van der Waals surface area (Å²) in [6.45, 7) is 0. The lowest BCUT2D eigenvalue weighted by Gasteiger charge is -2.07. The highest BCUT2D eigenvalue weighted by atomic mass is 35.5. The highest BCUT2D eigenvalue weighted by Gasteiger charge is 2.14. The van der Waals surface area contributed by atoms with Crippen LogP contribution in [0.15, 0.2) is 65.1 Å². The van der Waals surface area contributed by atoms with Crippen molar-refractivity contribution in [2.45, 2.75) is 0 Å². The first-order valence-corrected chi connectivity index (χ1v) is 10.3. The number of oxazole rings is 1. The number of nitro benzene ring substituents is 1. The van der Waals surface area contributed by atoms with Crippen LogP contribution in [-0.4, -0.2) is 30.0 Å². The third kappa shape index (κ3) is 4.84. The van der Waals surface area contributed by atoms with E-state index < -0.39 is 10.8 Å². The molecular formula is C24H18ClN3O6. The van der Waals surface area contributed by atoms with Crippen LogP contribution >= 0.6 is 11.6 Å². The topological polar surface area (TPSA) is 117 Å². The molecule has 1 heterocycles. The number of anilines is 1.